The number of anilines is 1. The molecular weight excluding hydrogens is 340 g/mol. The molecule has 0 spiro atoms. The molecule has 3 aliphatic heterocycles. The van der Waals surface area contributed by atoms with Gasteiger partial charge in [-0.2, -0.15) is 5.10 Å². The Bertz CT molecular complexity index is 856. The average molecular weight is 366 g/mol. The van der Waals surface area contributed by atoms with Crippen molar-refractivity contribution in [3.63, 3.8) is 0 Å². The Morgan fingerprint density at radius 3 is 2.93 bits per heavy atom. The van der Waals surface area contributed by atoms with Gasteiger partial charge in [0, 0.05) is 67.9 Å². The molecule has 2 aromatic rings. The highest BCUT2D eigenvalue weighted by molar-refractivity contribution is 5.38. The minimum Gasteiger partial charge on any atom is -0.378 e. The van der Waals surface area contributed by atoms with Crippen molar-refractivity contribution in [2.24, 2.45) is 0 Å². The van der Waals surface area contributed by atoms with Gasteiger partial charge >= 0.3 is 0 Å². The lowest BCUT2D eigenvalue weighted by molar-refractivity contribution is 0.122. The molecule has 0 amide bonds. The first kappa shape index (κ1) is 16.9. The molecule has 0 radical (unpaired) electrons. The first-order valence-corrected chi connectivity index (χ1v) is 9.84. The molecule has 0 saturated carbocycles. The predicted octanol–water partition coefficient (Wildman–Crippen LogP) is 2.18. The molecule has 0 aromatic carbocycles. The van der Waals surface area contributed by atoms with Gasteiger partial charge in [0.05, 0.1) is 24.6 Å². The minimum absolute atomic E-state index is 0.420. The molecule has 3 aliphatic rings. The van der Waals surface area contributed by atoms with Gasteiger partial charge in [-0.15, -0.1) is 0 Å². The molecule has 5 rings (SSSR count). The molecule has 7 nitrogen and oxygen atoms in total. The third-order valence-electron chi connectivity index (χ3n) is 6.17. The molecule has 2 aromatic heterocycles. The molecule has 7 heteroatoms. The number of morpholine rings is 1. The van der Waals surface area contributed by atoms with Gasteiger partial charge in [0.25, 0.3) is 0 Å². The zero-order valence-electron chi connectivity index (χ0n) is 15.8. The van der Waals surface area contributed by atoms with Crippen molar-refractivity contribution in [3.8, 4) is 0 Å². The van der Waals surface area contributed by atoms with Crippen LogP contribution in [0, 0.1) is 6.92 Å². The summed E-state index contributed by atoms with van der Waals surface area (Å²) in [5, 5.41) is 4.50. The predicted molar refractivity (Wildman–Crippen MR) is 103 cm³/mol. The van der Waals surface area contributed by atoms with Crippen LogP contribution in [-0.4, -0.2) is 57.0 Å². The van der Waals surface area contributed by atoms with E-state index in [-0.39, 0.29) is 0 Å². The molecule has 142 valence electrons. The van der Waals surface area contributed by atoms with Crippen LogP contribution in [0.15, 0.2) is 19.0 Å². The summed E-state index contributed by atoms with van der Waals surface area (Å²) in [4.78, 5) is 14.5. The van der Waals surface area contributed by atoms with E-state index in [1.165, 1.54) is 29.7 Å². The lowest BCUT2D eigenvalue weighted by atomic mass is 9.98. The SMILES string of the molecule is C=Cn1cc(CN2[C@@H]3CC[C@@H]2c2cnc(N4CCOCC4)nc2C3)c(C)n1. The van der Waals surface area contributed by atoms with E-state index in [1.807, 2.05) is 4.68 Å². The van der Waals surface area contributed by atoms with Crippen LogP contribution in [0.1, 0.15) is 41.4 Å². The quantitative estimate of drug-likeness (QED) is 0.827. The van der Waals surface area contributed by atoms with Crippen LogP contribution < -0.4 is 4.90 Å². The Kier molecular flexibility index (Phi) is 4.21. The maximum absolute atomic E-state index is 5.45. The number of rotatable bonds is 4. The van der Waals surface area contributed by atoms with Crippen molar-refractivity contribution in [2.75, 3.05) is 31.2 Å². The molecule has 2 saturated heterocycles. The van der Waals surface area contributed by atoms with Gasteiger partial charge in [0.2, 0.25) is 5.95 Å². The highest BCUT2D eigenvalue weighted by Gasteiger charge is 2.41. The van der Waals surface area contributed by atoms with Gasteiger partial charge in [-0.3, -0.25) is 4.90 Å². The Hall–Kier alpha value is -2.25. The maximum atomic E-state index is 5.45. The smallest absolute Gasteiger partial charge is 0.225 e. The van der Waals surface area contributed by atoms with E-state index >= 15 is 0 Å². The van der Waals surface area contributed by atoms with Crippen LogP contribution in [-0.2, 0) is 17.7 Å². The van der Waals surface area contributed by atoms with Gasteiger partial charge in [0.15, 0.2) is 0 Å². The highest BCUT2D eigenvalue weighted by atomic mass is 16.5. The fourth-order valence-electron chi connectivity index (χ4n) is 4.69. The summed E-state index contributed by atoms with van der Waals surface area (Å²) in [5.41, 5.74) is 4.92. The second kappa shape index (κ2) is 6.73. The van der Waals surface area contributed by atoms with E-state index < -0.39 is 0 Å². The van der Waals surface area contributed by atoms with Crippen molar-refractivity contribution in [1.82, 2.24) is 24.6 Å². The summed E-state index contributed by atoms with van der Waals surface area (Å²) in [6, 6.07) is 0.977. The highest BCUT2D eigenvalue weighted by Crippen LogP contribution is 2.44. The second-order valence-corrected chi connectivity index (χ2v) is 7.70. The van der Waals surface area contributed by atoms with E-state index in [9.17, 15) is 0 Å². The summed E-state index contributed by atoms with van der Waals surface area (Å²) < 4.78 is 7.26. The normalized spacial score (nSPS) is 24.9. The van der Waals surface area contributed by atoms with Crippen LogP contribution in [0.5, 0.6) is 0 Å². The van der Waals surface area contributed by atoms with Gasteiger partial charge in [-0.1, -0.05) is 6.58 Å². The van der Waals surface area contributed by atoms with E-state index in [1.54, 1.807) is 6.20 Å². The third-order valence-corrected chi connectivity index (χ3v) is 6.17. The minimum atomic E-state index is 0.420. The lowest BCUT2D eigenvalue weighted by Crippen LogP contribution is -2.40. The summed E-state index contributed by atoms with van der Waals surface area (Å²) in [7, 11) is 0. The molecule has 0 N–H and O–H groups in total. The summed E-state index contributed by atoms with van der Waals surface area (Å²) >= 11 is 0. The summed E-state index contributed by atoms with van der Waals surface area (Å²) in [6.07, 6.45) is 9.34. The number of hydrogen-bond donors (Lipinski definition) is 0. The summed E-state index contributed by atoms with van der Waals surface area (Å²) in [6.45, 7) is 10.1. The number of aromatic nitrogens is 4. The Morgan fingerprint density at radius 2 is 2.15 bits per heavy atom. The molecule has 2 atom stereocenters. The number of hydrogen-bond acceptors (Lipinski definition) is 6. The molecule has 0 aliphatic carbocycles. The topological polar surface area (TPSA) is 59.3 Å². The third kappa shape index (κ3) is 2.95. The van der Waals surface area contributed by atoms with Crippen LogP contribution in [0.25, 0.3) is 6.20 Å². The molecule has 5 heterocycles. The van der Waals surface area contributed by atoms with Gasteiger partial charge in [-0.05, 0) is 19.8 Å². The van der Waals surface area contributed by atoms with Crippen molar-refractivity contribution in [1.29, 1.82) is 0 Å². The van der Waals surface area contributed by atoms with Crippen molar-refractivity contribution in [2.45, 2.75) is 44.8 Å². The fraction of sp³-hybridized carbons (Fsp3) is 0.550. The first-order valence-electron chi connectivity index (χ1n) is 9.84. The summed E-state index contributed by atoms with van der Waals surface area (Å²) in [5.74, 6) is 0.869. The monoisotopic (exact) mass is 366 g/mol. The number of ether oxygens (including phenoxy) is 1. The maximum Gasteiger partial charge on any atom is 0.225 e. The van der Waals surface area contributed by atoms with Crippen molar-refractivity contribution < 1.29 is 4.74 Å². The first-order chi connectivity index (χ1) is 13.2. The Balaban J connectivity index is 1.40. The van der Waals surface area contributed by atoms with Gasteiger partial charge in [0.1, 0.15) is 0 Å². The Labute approximate surface area is 159 Å². The number of fused-ring (bicyclic) bond motifs is 4. The standard InChI is InChI=1S/C20H26N6O/c1-3-25-12-15(14(2)23-25)13-26-16-4-5-19(26)17-11-21-20(22-18(17)10-16)24-6-8-27-9-7-24/h3,11-12,16,19H,1,4-10,13H2,2H3/t16-,19-/m1/s1. The van der Waals surface area contributed by atoms with Crippen LogP contribution in [0.3, 0.4) is 0 Å². The lowest BCUT2D eigenvalue weighted by Gasteiger charge is -2.36. The van der Waals surface area contributed by atoms with Crippen molar-refractivity contribution in [3.05, 3.63) is 41.5 Å². The van der Waals surface area contributed by atoms with Crippen molar-refractivity contribution >= 4 is 12.1 Å². The number of nitrogens with zero attached hydrogens (tertiary/aromatic N) is 6. The zero-order chi connectivity index (χ0) is 18.4. The van der Waals surface area contributed by atoms with Gasteiger partial charge < -0.3 is 9.64 Å². The average Bonchev–Trinajstić information content (AvgIpc) is 3.20. The molecule has 2 bridgehead atoms. The molecule has 0 unspecified atom stereocenters. The van der Waals surface area contributed by atoms with E-state index in [2.05, 4.69) is 40.8 Å². The van der Waals surface area contributed by atoms with Crippen LogP contribution in [0.2, 0.25) is 0 Å². The van der Waals surface area contributed by atoms with E-state index in [0.717, 1.165) is 50.9 Å². The van der Waals surface area contributed by atoms with Crippen LogP contribution in [0.4, 0.5) is 5.95 Å². The molecular formula is C20H26N6O. The molecule has 27 heavy (non-hydrogen) atoms. The van der Waals surface area contributed by atoms with Crippen LogP contribution >= 0.6 is 0 Å². The van der Waals surface area contributed by atoms with E-state index in [0.29, 0.717) is 12.1 Å². The molecule has 2 fully saturated rings. The Morgan fingerprint density at radius 1 is 1.30 bits per heavy atom. The number of aryl methyl sites for hydroxylation is 1. The van der Waals surface area contributed by atoms with E-state index in [4.69, 9.17) is 14.7 Å². The zero-order valence-corrected chi connectivity index (χ0v) is 15.8. The largest absolute Gasteiger partial charge is 0.378 e. The second-order valence-electron chi connectivity index (χ2n) is 7.70. The van der Waals surface area contributed by atoms with Gasteiger partial charge in [-0.25, -0.2) is 14.6 Å². The fourth-order valence-corrected chi connectivity index (χ4v) is 4.69.